The molecule has 8 heteroatoms. The van der Waals surface area contributed by atoms with Crippen LogP contribution in [0.2, 0.25) is 0 Å². The molecule has 0 spiro atoms. The van der Waals surface area contributed by atoms with Crippen LogP contribution in [0, 0.1) is 3.57 Å². The molecular weight excluding hydrogens is 519 g/mol. The van der Waals surface area contributed by atoms with E-state index in [-0.39, 0.29) is 23.5 Å². The smallest absolute Gasteiger partial charge is 0.305 e. The van der Waals surface area contributed by atoms with Crippen molar-refractivity contribution >= 4 is 34.5 Å². The molecule has 1 N–H and O–H groups in total. The lowest BCUT2D eigenvalue weighted by atomic mass is 10.0. The van der Waals surface area contributed by atoms with Crippen LogP contribution < -0.4 is 0 Å². The lowest BCUT2D eigenvalue weighted by Crippen LogP contribution is -2.34. The third-order valence-corrected chi connectivity index (χ3v) is 6.05. The Balaban J connectivity index is 1.83. The quantitative estimate of drug-likeness (QED) is 0.176. The van der Waals surface area contributed by atoms with Crippen LogP contribution in [-0.2, 0) is 20.2 Å². The highest BCUT2D eigenvalue weighted by atomic mass is 127. The molecule has 1 aliphatic rings. The Bertz CT molecular complexity index is 754. The predicted octanol–water partition coefficient (Wildman–Crippen LogP) is 4.80. The zero-order chi connectivity index (χ0) is 22.9. The summed E-state index contributed by atoms with van der Waals surface area (Å²) in [5.74, 6) is -3.60. The SMILES string of the molecule is CCOC(=O)CCCCCCN1C(=O)CCC1C=CC(O)C(F)(F)c1ccc(I)cc1. The summed E-state index contributed by atoms with van der Waals surface area (Å²) in [6, 6.07) is 5.49. The summed E-state index contributed by atoms with van der Waals surface area (Å²) in [5.41, 5.74) is -0.243. The molecule has 0 saturated carbocycles. The number of alkyl halides is 2. The number of carbonyl (C=O) groups is 2. The second kappa shape index (κ2) is 12.5. The fraction of sp³-hybridized carbons (Fsp3) is 0.565. The number of hydrogen-bond donors (Lipinski definition) is 1. The minimum atomic E-state index is -3.41. The van der Waals surface area contributed by atoms with Crippen LogP contribution in [0.5, 0.6) is 0 Å². The molecule has 1 aliphatic heterocycles. The molecular formula is C23H30F2INO4. The Morgan fingerprint density at radius 1 is 1.29 bits per heavy atom. The van der Waals surface area contributed by atoms with Crippen molar-refractivity contribution in [2.45, 2.75) is 69.9 Å². The lowest BCUT2D eigenvalue weighted by Gasteiger charge is -2.24. The second-order valence-electron chi connectivity index (χ2n) is 7.62. The zero-order valence-electron chi connectivity index (χ0n) is 17.7. The van der Waals surface area contributed by atoms with E-state index in [4.69, 9.17) is 4.74 Å². The van der Waals surface area contributed by atoms with E-state index in [2.05, 4.69) is 0 Å². The number of esters is 1. The van der Waals surface area contributed by atoms with Crippen LogP contribution >= 0.6 is 22.6 Å². The number of aliphatic hydroxyl groups excluding tert-OH is 1. The van der Waals surface area contributed by atoms with Crippen LogP contribution in [0.1, 0.15) is 57.4 Å². The number of unbranched alkanes of at least 4 members (excludes halogenated alkanes) is 3. The first kappa shape index (κ1) is 25.7. The number of halogens is 3. The van der Waals surface area contributed by atoms with Gasteiger partial charge in [0.15, 0.2) is 0 Å². The van der Waals surface area contributed by atoms with Crippen molar-refractivity contribution in [1.29, 1.82) is 0 Å². The van der Waals surface area contributed by atoms with Crippen LogP contribution in [0.15, 0.2) is 36.4 Å². The maximum absolute atomic E-state index is 14.5. The number of benzene rings is 1. The Labute approximate surface area is 196 Å². The number of amides is 1. The summed E-state index contributed by atoms with van der Waals surface area (Å²) < 4.78 is 34.8. The predicted molar refractivity (Wildman–Crippen MR) is 123 cm³/mol. The number of aliphatic hydroxyl groups is 1. The van der Waals surface area contributed by atoms with E-state index in [0.29, 0.717) is 32.4 Å². The van der Waals surface area contributed by atoms with Gasteiger partial charge in [-0.2, -0.15) is 8.78 Å². The van der Waals surface area contributed by atoms with E-state index < -0.39 is 12.0 Å². The summed E-state index contributed by atoms with van der Waals surface area (Å²) in [5, 5.41) is 10.1. The molecule has 0 aliphatic carbocycles. The number of carbonyl (C=O) groups excluding carboxylic acids is 2. The first-order valence-electron chi connectivity index (χ1n) is 10.7. The number of rotatable bonds is 12. The van der Waals surface area contributed by atoms with Gasteiger partial charge in [0.2, 0.25) is 5.91 Å². The van der Waals surface area contributed by atoms with Crippen LogP contribution in [0.3, 0.4) is 0 Å². The van der Waals surface area contributed by atoms with Crippen molar-refractivity contribution < 1.29 is 28.2 Å². The van der Waals surface area contributed by atoms with Gasteiger partial charge < -0.3 is 14.7 Å². The van der Waals surface area contributed by atoms with Gasteiger partial charge in [-0.15, -0.1) is 0 Å². The fourth-order valence-electron chi connectivity index (χ4n) is 3.58. The molecule has 1 aromatic rings. The van der Waals surface area contributed by atoms with E-state index in [1.165, 1.54) is 18.2 Å². The van der Waals surface area contributed by atoms with Gasteiger partial charge in [-0.1, -0.05) is 37.1 Å². The van der Waals surface area contributed by atoms with E-state index in [9.17, 15) is 23.5 Å². The van der Waals surface area contributed by atoms with Crippen molar-refractivity contribution in [3.8, 4) is 0 Å². The second-order valence-corrected chi connectivity index (χ2v) is 8.87. The van der Waals surface area contributed by atoms with Gasteiger partial charge in [0.25, 0.3) is 0 Å². The largest absolute Gasteiger partial charge is 0.466 e. The normalized spacial score (nSPS) is 18.0. The molecule has 31 heavy (non-hydrogen) atoms. The van der Waals surface area contributed by atoms with Crippen LogP contribution in [0.25, 0.3) is 0 Å². The van der Waals surface area contributed by atoms with Crippen LogP contribution in [-0.4, -0.2) is 47.2 Å². The molecule has 172 valence electrons. The Kier molecular flexibility index (Phi) is 10.3. The van der Waals surface area contributed by atoms with Crippen LogP contribution in [0.4, 0.5) is 8.78 Å². The molecule has 2 rings (SSSR count). The van der Waals surface area contributed by atoms with Crippen molar-refractivity contribution in [2.75, 3.05) is 13.2 Å². The number of likely N-dealkylation sites (tertiary alicyclic amines) is 1. The Morgan fingerprint density at radius 3 is 2.65 bits per heavy atom. The molecule has 1 amide bonds. The van der Waals surface area contributed by atoms with Gasteiger partial charge in [0.1, 0.15) is 6.10 Å². The maximum Gasteiger partial charge on any atom is 0.305 e. The molecule has 1 saturated heterocycles. The van der Waals surface area contributed by atoms with Gasteiger partial charge in [-0.25, -0.2) is 0 Å². The Morgan fingerprint density at radius 2 is 1.97 bits per heavy atom. The highest BCUT2D eigenvalue weighted by molar-refractivity contribution is 14.1. The van der Waals surface area contributed by atoms with E-state index in [1.807, 2.05) is 22.6 Å². The monoisotopic (exact) mass is 549 g/mol. The summed E-state index contributed by atoms with van der Waals surface area (Å²) in [6.45, 7) is 2.70. The standard InChI is InChI=1S/C23H30F2INO4/c1-2-31-22(30)7-5-3-4-6-16-27-19(13-15-21(27)29)12-14-20(28)23(24,25)17-8-10-18(26)11-9-17/h8-12,14,19-20,28H,2-7,13,15-16H2,1H3. The molecule has 2 unspecified atom stereocenters. The maximum atomic E-state index is 14.5. The summed E-state index contributed by atoms with van der Waals surface area (Å²) in [4.78, 5) is 25.2. The topological polar surface area (TPSA) is 66.8 Å². The highest BCUT2D eigenvalue weighted by Crippen LogP contribution is 2.33. The van der Waals surface area contributed by atoms with Crippen molar-refractivity contribution in [3.63, 3.8) is 0 Å². The molecule has 1 heterocycles. The zero-order valence-corrected chi connectivity index (χ0v) is 19.9. The van der Waals surface area contributed by atoms with Crippen molar-refractivity contribution in [1.82, 2.24) is 4.90 Å². The van der Waals surface area contributed by atoms with Crippen molar-refractivity contribution in [3.05, 3.63) is 45.6 Å². The summed E-state index contributed by atoms with van der Waals surface area (Å²) >= 11 is 2.03. The minimum Gasteiger partial charge on any atom is -0.466 e. The first-order valence-corrected chi connectivity index (χ1v) is 11.8. The van der Waals surface area contributed by atoms with Crippen molar-refractivity contribution in [2.24, 2.45) is 0 Å². The molecule has 1 aromatic carbocycles. The van der Waals surface area contributed by atoms with Gasteiger partial charge in [0.05, 0.1) is 12.6 Å². The lowest BCUT2D eigenvalue weighted by molar-refractivity contribution is -0.143. The molecule has 1 fully saturated rings. The molecule has 2 atom stereocenters. The van der Waals surface area contributed by atoms with Gasteiger partial charge in [0, 0.05) is 28.5 Å². The number of hydrogen-bond acceptors (Lipinski definition) is 4. The fourth-order valence-corrected chi connectivity index (χ4v) is 3.94. The van der Waals surface area contributed by atoms with Gasteiger partial charge in [-0.05, 0) is 60.9 Å². The van der Waals surface area contributed by atoms with E-state index >= 15 is 0 Å². The summed E-state index contributed by atoms with van der Waals surface area (Å²) in [7, 11) is 0. The van der Waals surface area contributed by atoms with Gasteiger partial charge in [-0.3, -0.25) is 9.59 Å². The third-order valence-electron chi connectivity index (χ3n) is 5.33. The van der Waals surface area contributed by atoms with E-state index in [1.54, 1.807) is 24.0 Å². The number of nitrogens with zero attached hydrogens (tertiary/aromatic N) is 1. The Hall–Kier alpha value is -1.55. The molecule has 0 aromatic heterocycles. The highest BCUT2D eigenvalue weighted by Gasteiger charge is 2.39. The van der Waals surface area contributed by atoms with Gasteiger partial charge >= 0.3 is 11.9 Å². The van der Waals surface area contributed by atoms with E-state index in [0.717, 1.165) is 35.3 Å². The molecule has 5 nitrogen and oxygen atoms in total. The minimum absolute atomic E-state index is 0.0000538. The molecule has 0 bridgehead atoms. The number of ether oxygens (including phenoxy) is 1. The average Bonchev–Trinajstić information content (AvgIpc) is 3.08. The average molecular weight is 549 g/mol. The molecule has 0 radical (unpaired) electrons. The summed E-state index contributed by atoms with van der Waals surface area (Å²) in [6.07, 6.45) is 5.25. The first-order chi connectivity index (χ1) is 14.8. The third kappa shape index (κ3) is 7.82.